The van der Waals surface area contributed by atoms with Gasteiger partial charge in [-0.1, -0.05) is 12.1 Å². The van der Waals surface area contributed by atoms with Crippen LogP contribution in [0.5, 0.6) is 0 Å². The van der Waals surface area contributed by atoms with Gasteiger partial charge in [-0.3, -0.25) is 9.78 Å². The molecule has 5 nitrogen and oxygen atoms in total. The molecule has 0 unspecified atom stereocenters. The van der Waals surface area contributed by atoms with Crippen molar-refractivity contribution in [3.05, 3.63) is 54.0 Å². The van der Waals surface area contributed by atoms with E-state index in [1.807, 2.05) is 37.0 Å². The topological polar surface area (TPSA) is 58.5 Å². The predicted octanol–water partition coefficient (Wildman–Crippen LogP) is 2.73. The van der Waals surface area contributed by atoms with Crippen LogP contribution in [0, 0.1) is 6.92 Å². The molecule has 1 aromatic carbocycles. The average Bonchev–Trinajstić information content (AvgIpc) is 3.07. The van der Waals surface area contributed by atoms with E-state index in [1.54, 1.807) is 6.20 Å². The van der Waals surface area contributed by atoms with E-state index in [0.717, 1.165) is 29.2 Å². The van der Waals surface area contributed by atoms with Crippen LogP contribution >= 0.6 is 0 Å². The molecule has 0 spiro atoms. The zero-order valence-electron chi connectivity index (χ0n) is 11.6. The van der Waals surface area contributed by atoms with Crippen molar-refractivity contribution in [2.24, 2.45) is 7.05 Å². The summed E-state index contributed by atoms with van der Waals surface area (Å²) < 4.78 is 1.84. The van der Waals surface area contributed by atoms with Crippen LogP contribution in [0.1, 0.15) is 11.3 Å². The lowest BCUT2D eigenvalue weighted by atomic mass is 10.1. The van der Waals surface area contributed by atoms with E-state index in [4.69, 9.17) is 0 Å². The van der Waals surface area contributed by atoms with Gasteiger partial charge < -0.3 is 5.32 Å². The Morgan fingerprint density at radius 2 is 2.20 bits per heavy atom. The van der Waals surface area contributed by atoms with Crippen molar-refractivity contribution in [1.82, 2.24) is 20.0 Å². The van der Waals surface area contributed by atoms with Crippen molar-refractivity contribution < 1.29 is 0 Å². The van der Waals surface area contributed by atoms with Gasteiger partial charge in [-0.05, 0) is 25.1 Å². The summed E-state index contributed by atoms with van der Waals surface area (Å²) in [6.07, 6.45) is 3.80. The molecule has 0 aliphatic carbocycles. The maximum absolute atomic E-state index is 4.34. The van der Waals surface area contributed by atoms with Crippen LogP contribution in [0.3, 0.4) is 0 Å². The Labute approximate surface area is 117 Å². The van der Waals surface area contributed by atoms with Gasteiger partial charge in [0.15, 0.2) is 0 Å². The molecule has 0 fully saturated rings. The highest BCUT2D eigenvalue weighted by Crippen LogP contribution is 2.20. The Kier molecular flexibility index (Phi) is 3.25. The molecule has 0 radical (unpaired) electrons. The zero-order chi connectivity index (χ0) is 13.9. The molecule has 20 heavy (non-hydrogen) atoms. The molecular weight excluding hydrogens is 250 g/mol. The van der Waals surface area contributed by atoms with Crippen molar-refractivity contribution >= 4 is 5.69 Å². The van der Waals surface area contributed by atoms with E-state index in [1.165, 1.54) is 5.56 Å². The highest BCUT2D eigenvalue weighted by Gasteiger charge is 2.04. The van der Waals surface area contributed by atoms with E-state index in [9.17, 15) is 0 Å². The lowest BCUT2D eigenvalue weighted by Crippen LogP contribution is -1.99. The van der Waals surface area contributed by atoms with Gasteiger partial charge >= 0.3 is 0 Å². The van der Waals surface area contributed by atoms with Gasteiger partial charge in [-0.15, -0.1) is 0 Å². The summed E-state index contributed by atoms with van der Waals surface area (Å²) in [5.41, 5.74) is 5.49. The first kappa shape index (κ1) is 12.5. The molecule has 3 rings (SSSR count). The second kappa shape index (κ2) is 5.21. The Morgan fingerprint density at radius 3 is 2.90 bits per heavy atom. The fourth-order valence-electron chi connectivity index (χ4n) is 2.23. The van der Waals surface area contributed by atoms with Crippen LogP contribution in [-0.4, -0.2) is 20.0 Å². The van der Waals surface area contributed by atoms with Crippen LogP contribution in [0.4, 0.5) is 5.69 Å². The monoisotopic (exact) mass is 267 g/mol. The number of hydrogen-bond donors (Lipinski definition) is 2. The summed E-state index contributed by atoms with van der Waals surface area (Å²) in [6, 6.07) is 10.2. The predicted molar refractivity (Wildman–Crippen MR) is 79.3 cm³/mol. The van der Waals surface area contributed by atoms with Gasteiger partial charge in [-0.2, -0.15) is 10.2 Å². The maximum Gasteiger partial charge on any atom is 0.0650 e. The number of anilines is 1. The number of aromatic amines is 1. The number of aryl methyl sites for hydroxylation is 2. The zero-order valence-corrected chi connectivity index (χ0v) is 11.6. The summed E-state index contributed by atoms with van der Waals surface area (Å²) in [5, 5.41) is 14.7. The van der Waals surface area contributed by atoms with Gasteiger partial charge in [0.2, 0.25) is 0 Å². The molecule has 2 aromatic heterocycles. The Hall–Kier alpha value is -2.56. The molecule has 0 saturated carbocycles. The van der Waals surface area contributed by atoms with Crippen molar-refractivity contribution in [2.45, 2.75) is 13.5 Å². The van der Waals surface area contributed by atoms with Crippen LogP contribution in [0.2, 0.25) is 0 Å². The molecule has 0 saturated heterocycles. The van der Waals surface area contributed by atoms with Crippen LogP contribution < -0.4 is 5.32 Å². The minimum Gasteiger partial charge on any atom is -0.381 e. The van der Waals surface area contributed by atoms with Crippen molar-refractivity contribution in [3.8, 4) is 11.3 Å². The number of aromatic nitrogens is 4. The molecule has 0 aliphatic heterocycles. The fraction of sp³-hybridized carbons (Fsp3) is 0.200. The molecular formula is C15H17N5. The Morgan fingerprint density at radius 1 is 1.30 bits per heavy atom. The molecule has 0 aliphatic rings. The van der Waals surface area contributed by atoms with Crippen LogP contribution in [-0.2, 0) is 13.6 Å². The number of rotatable bonds is 4. The average molecular weight is 267 g/mol. The number of nitrogens with one attached hydrogen (secondary N) is 2. The number of nitrogens with zero attached hydrogens (tertiary/aromatic N) is 3. The van der Waals surface area contributed by atoms with E-state index in [0.29, 0.717) is 0 Å². The highest BCUT2D eigenvalue weighted by atomic mass is 15.2. The summed E-state index contributed by atoms with van der Waals surface area (Å²) >= 11 is 0. The summed E-state index contributed by atoms with van der Waals surface area (Å²) in [4.78, 5) is 0. The van der Waals surface area contributed by atoms with E-state index < -0.39 is 0 Å². The SMILES string of the molecule is Cc1nn(C)cc1CNc1cccc(-c2ccn[nH]2)c1. The second-order valence-corrected chi connectivity index (χ2v) is 4.82. The third-order valence-electron chi connectivity index (χ3n) is 3.27. The number of hydrogen-bond acceptors (Lipinski definition) is 3. The van der Waals surface area contributed by atoms with E-state index in [-0.39, 0.29) is 0 Å². The van der Waals surface area contributed by atoms with E-state index >= 15 is 0 Å². The molecule has 0 amide bonds. The van der Waals surface area contributed by atoms with Gasteiger partial charge in [0.1, 0.15) is 0 Å². The van der Waals surface area contributed by atoms with Crippen molar-refractivity contribution in [3.63, 3.8) is 0 Å². The van der Waals surface area contributed by atoms with Crippen LogP contribution in [0.25, 0.3) is 11.3 Å². The Balaban J connectivity index is 1.75. The second-order valence-electron chi connectivity index (χ2n) is 4.82. The minimum absolute atomic E-state index is 0.770. The third kappa shape index (κ3) is 2.56. The number of H-pyrrole nitrogens is 1. The molecule has 0 bridgehead atoms. The number of benzene rings is 1. The molecule has 0 atom stereocenters. The first-order valence-electron chi connectivity index (χ1n) is 6.55. The standard InChI is InChI=1S/C15H17N5/c1-11-13(10-20(2)19-11)9-16-14-5-3-4-12(8-14)15-6-7-17-18-15/h3-8,10,16H,9H2,1-2H3,(H,17,18). The molecule has 2 N–H and O–H groups in total. The first-order valence-corrected chi connectivity index (χ1v) is 6.55. The molecule has 3 aromatic rings. The Bertz CT molecular complexity index is 697. The quantitative estimate of drug-likeness (QED) is 0.764. The van der Waals surface area contributed by atoms with Crippen molar-refractivity contribution in [2.75, 3.05) is 5.32 Å². The maximum atomic E-state index is 4.34. The highest BCUT2D eigenvalue weighted by molar-refractivity contribution is 5.64. The summed E-state index contributed by atoms with van der Waals surface area (Å²) in [5.74, 6) is 0. The minimum atomic E-state index is 0.770. The lowest BCUT2D eigenvalue weighted by molar-refractivity contribution is 0.756. The molecule has 2 heterocycles. The lowest BCUT2D eigenvalue weighted by Gasteiger charge is -2.07. The van der Waals surface area contributed by atoms with E-state index in [2.05, 4.69) is 38.8 Å². The largest absolute Gasteiger partial charge is 0.381 e. The van der Waals surface area contributed by atoms with Gasteiger partial charge in [-0.25, -0.2) is 0 Å². The fourth-order valence-corrected chi connectivity index (χ4v) is 2.23. The third-order valence-corrected chi connectivity index (χ3v) is 3.27. The molecule has 5 heteroatoms. The summed E-state index contributed by atoms with van der Waals surface area (Å²) in [7, 11) is 1.94. The van der Waals surface area contributed by atoms with Crippen LogP contribution in [0.15, 0.2) is 42.7 Å². The molecule has 102 valence electrons. The summed E-state index contributed by atoms with van der Waals surface area (Å²) in [6.45, 7) is 2.80. The van der Waals surface area contributed by atoms with Gasteiger partial charge in [0.25, 0.3) is 0 Å². The normalized spacial score (nSPS) is 10.7. The van der Waals surface area contributed by atoms with Crippen molar-refractivity contribution in [1.29, 1.82) is 0 Å². The first-order chi connectivity index (χ1) is 9.72. The van der Waals surface area contributed by atoms with Gasteiger partial charge in [0, 0.05) is 42.8 Å². The van der Waals surface area contributed by atoms with Gasteiger partial charge in [0.05, 0.1) is 11.4 Å². The smallest absolute Gasteiger partial charge is 0.0650 e.